The van der Waals surface area contributed by atoms with Crippen molar-refractivity contribution >= 4 is 21.7 Å². The zero-order valence-electron chi connectivity index (χ0n) is 11.2. The third kappa shape index (κ3) is 3.55. The second-order valence-corrected chi connectivity index (χ2v) is 5.44. The molecule has 0 aliphatic heterocycles. The second-order valence-electron chi connectivity index (χ2n) is 4.53. The van der Waals surface area contributed by atoms with Gasteiger partial charge in [-0.25, -0.2) is 9.37 Å². The SMILES string of the molecule is CCNC(Cc1cccnc1N)c1cc(Br)ccc1F. The number of hydrogen-bond acceptors (Lipinski definition) is 3. The van der Waals surface area contributed by atoms with Crippen molar-refractivity contribution in [3.05, 3.63) is 57.9 Å². The monoisotopic (exact) mass is 337 g/mol. The van der Waals surface area contributed by atoms with E-state index in [9.17, 15) is 4.39 Å². The largest absolute Gasteiger partial charge is 0.383 e. The average Bonchev–Trinajstić information content (AvgIpc) is 2.43. The summed E-state index contributed by atoms with van der Waals surface area (Å²) in [7, 11) is 0. The topological polar surface area (TPSA) is 50.9 Å². The normalized spacial score (nSPS) is 12.3. The van der Waals surface area contributed by atoms with E-state index in [4.69, 9.17) is 5.73 Å². The molecule has 20 heavy (non-hydrogen) atoms. The van der Waals surface area contributed by atoms with E-state index >= 15 is 0 Å². The number of nitrogen functional groups attached to an aromatic ring is 1. The maximum absolute atomic E-state index is 14.0. The third-order valence-corrected chi connectivity index (χ3v) is 3.63. The molecule has 1 aromatic carbocycles. The van der Waals surface area contributed by atoms with Crippen LogP contribution >= 0.6 is 15.9 Å². The Kier molecular flexibility index (Phi) is 5.09. The van der Waals surface area contributed by atoms with Crippen LogP contribution in [0.5, 0.6) is 0 Å². The summed E-state index contributed by atoms with van der Waals surface area (Å²) in [5.41, 5.74) is 7.41. The molecule has 2 rings (SSSR count). The molecule has 1 atom stereocenters. The maximum atomic E-state index is 14.0. The van der Waals surface area contributed by atoms with Crippen LogP contribution in [0.4, 0.5) is 10.2 Å². The minimum atomic E-state index is -0.221. The molecule has 2 aromatic rings. The summed E-state index contributed by atoms with van der Waals surface area (Å²) < 4.78 is 14.9. The first kappa shape index (κ1) is 14.9. The molecule has 0 spiro atoms. The zero-order chi connectivity index (χ0) is 14.5. The molecule has 0 fully saturated rings. The van der Waals surface area contributed by atoms with E-state index in [0.29, 0.717) is 17.8 Å². The van der Waals surface area contributed by atoms with Gasteiger partial charge in [0.05, 0.1) is 0 Å². The van der Waals surface area contributed by atoms with Crippen LogP contribution in [0.25, 0.3) is 0 Å². The fourth-order valence-electron chi connectivity index (χ4n) is 2.16. The quantitative estimate of drug-likeness (QED) is 0.878. The van der Waals surface area contributed by atoms with Crippen molar-refractivity contribution in [2.75, 3.05) is 12.3 Å². The van der Waals surface area contributed by atoms with Gasteiger partial charge in [0, 0.05) is 22.3 Å². The predicted molar refractivity (Wildman–Crippen MR) is 82.9 cm³/mol. The molecular weight excluding hydrogens is 321 g/mol. The van der Waals surface area contributed by atoms with Crippen LogP contribution < -0.4 is 11.1 Å². The van der Waals surface area contributed by atoms with E-state index in [0.717, 1.165) is 16.6 Å². The van der Waals surface area contributed by atoms with Gasteiger partial charge in [-0.15, -0.1) is 0 Å². The summed E-state index contributed by atoms with van der Waals surface area (Å²) in [5.74, 6) is 0.271. The van der Waals surface area contributed by atoms with Gasteiger partial charge in [0.15, 0.2) is 0 Å². The Bertz CT molecular complexity index is 589. The highest BCUT2D eigenvalue weighted by atomic mass is 79.9. The Morgan fingerprint density at radius 3 is 2.90 bits per heavy atom. The van der Waals surface area contributed by atoms with Gasteiger partial charge < -0.3 is 11.1 Å². The Morgan fingerprint density at radius 1 is 1.40 bits per heavy atom. The van der Waals surface area contributed by atoms with Gasteiger partial charge in [-0.2, -0.15) is 0 Å². The summed E-state index contributed by atoms with van der Waals surface area (Å²) in [5, 5.41) is 3.30. The first-order valence-electron chi connectivity index (χ1n) is 6.49. The first-order valence-corrected chi connectivity index (χ1v) is 7.28. The number of anilines is 1. The molecule has 1 unspecified atom stereocenters. The van der Waals surface area contributed by atoms with Crippen LogP contribution in [-0.2, 0) is 6.42 Å². The van der Waals surface area contributed by atoms with Gasteiger partial charge in [0.1, 0.15) is 11.6 Å². The molecule has 5 heteroatoms. The second kappa shape index (κ2) is 6.81. The lowest BCUT2D eigenvalue weighted by molar-refractivity contribution is 0.510. The summed E-state index contributed by atoms with van der Waals surface area (Å²) >= 11 is 3.38. The number of halogens is 2. The molecule has 0 saturated heterocycles. The number of aromatic nitrogens is 1. The fraction of sp³-hybridized carbons (Fsp3) is 0.267. The van der Waals surface area contributed by atoms with Gasteiger partial charge in [-0.3, -0.25) is 0 Å². The molecule has 0 radical (unpaired) electrons. The molecule has 3 nitrogen and oxygen atoms in total. The average molecular weight is 338 g/mol. The number of pyridine rings is 1. The molecule has 1 aromatic heterocycles. The van der Waals surface area contributed by atoms with Gasteiger partial charge in [0.2, 0.25) is 0 Å². The first-order chi connectivity index (χ1) is 9.61. The smallest absolute Gasteiger partial charge is 0.128 e. The van der Waals surface area contributed by atoms with E-state index in [-0.39, 0.29) is 11.9 Å². The molecule has 0 bridgehead atoms. The number of nitrogens with one attached hydrogen (secondary N) is 1. The predicted octanol–water partition coefficient (Wildman–Crippen LogP) is 3.46. The number of rotatable bonds is 5. The van der Waals surface area contributed by atoms with Crippen LogP contribution in [0.3, 0.4) is 0 Å². The lowest BCUT2D eigenvalue weighted by atomic mass is 9.98. The highest BCUT2D eigenvalue weighted by Crippen LogP contribution is 2.25. The molecular formula is C15H17BrFN3. The molecule has 0 amide bonds. The van der Waals surface area contributed by atoms with Crippen molar-refractivity contribution in [2.45, 2.75) is 19.4 Å². The fourth-order valence-corrected chi connectivity index (χ4v) is 2.54. The molecule has 3 N–H and O–H groups in total. The minimum absolute atomic E-state index is 0.135. The van der Waals surface area contributed by atoms with Crippen LogP contribution in [0, 0.1) is 5.82 Å². The number of benzene rings is 1. The Morgan fingerprint density at radius 2 is 2.20 bits per heavy atom. The number of hydrogen-bond donors (Lipinski definition) is 2. The third-order valence-electron chi connectivity index (χ3n) is 3.13. The lowest BCUT2D eigenvalue weighted by Gasteiger charge is -2.20. The summed E-state index contributed by atoms with van der Waals surface area (Å²) in [6.07, 6.45) is 2.25. The number of nitrogens with two attached hydrogens (primary N) is 1. The van der Waals surface area contributed by atoms with E-state index in [1.54, 1.807) is 18.3 Å². The van der Waals surface area contributed by atoms with Gasteiger partial charge in [-0.05, 0) is 42.8 Å². The highest BCUT2D eigenvalue weighted by molar-refractivity contribution is 9.10. The van der Waals surface area contributed by atoms with Gasteiger partial charge in [-0.1, -0.05) is 28.9 Å². The van der Waals surface area contributed by atoms with Crippen LogP contribution in [-0.4, -0.2) is 11.5 Å². The van der Waals surface area contributed by atoms with Crippen molar-refractivity contribution < 1.29 is 4.39 Å². The van der Waals surface area contributed by atoms with Crippen LogP contribution in [0.2, 0.25) is 0 Å². The van der Waals surface area contributed by atoms with E-state index in [1.165, 1.54) is 6.07 Å². The van der Waals surface area contributed by atoms with Crippen molar-refractivity contribution in [1.82, 2.24) is 10.3 Å². The summed E-state index contributed by atoms with van der Waals surface area (Å²) in [6.45, 7) is 2.74. The van der Waals surface area contributed by atoms with Crippen molar-refractivity contribution in [2.24, 2.45) is 0 Å². The van der Waals surface area contributed by atoms with E-state index in [2.05, 4.69) is 26.2 Å². The molecule has 0 aliphatic rings. The van der Waals surface area contributed by atoms with Gasteiger partial charge in [0.25, 0.3) is 0 Å². The number of likely N-dealkylation sites (N-methyl/N-ethyl adjacent to an activating group) is 1. The molecule has 0 saturated carbocycles. The van der Waals surface area contributed by atoms with Crippen molar-refractivity contribution in [3.8, 4) is 0 Å². The van der Waals surface area contributed by atoms with Crippen LogP contribution in [0.15, 0.2) is 41.0 Å². The molecule has 106 valence electrons. The van der Waals surface area contributed by atoms with Crippen LogP contribution in [0.1, 0.15) is 24.1 Å². The van der Waals surface area contributed by atoms with E-state index in [1.807, 2.05) is 19.1 Å². The molecule has 0 aliphatic carbocycles. The Labute approximate surface area is 126 Å². The zero-order valence-corrected chi connectivity index (χ0v) is 12.8. The van der Waals surface area contributed by atoms with Crippen molar-refractivity contribution in [1.29, 1.82) is 0 Å². The molecule has 1 heterocycles. The van der Waals surface area contributed by atoms with E-state index < -0.39 is 0 Å². The lowest BCUT2D eigenvalue weighted by Crippen LogP contribution is -2.24. The summed E-state index contributed by atoms with van der Waals surface area (Å²) in [4.78, 5) is 4.07. The number of nitrogens with zero attached hydrogens (tertiary/aromatic N) is 1. The van der Waals surface area contributed by atoms with Crippen molar-refractivity contribution in [3.63, 3.8) is 0 Å². The van der Waals surface area contributed by atoms with Gasteiger partial charge >= 0.3 is 0 Å². The Hall–Kier alpha value is -1.46. The summed E-state index contributed by atoms with van der Waals surface area (Å²) in [6, 6.07) is 8.59. The standard InChI is InChI=1S/C15H17BrFN3/c1-2-19-14(8-10-4-3-7-20-15(10)18)12-9-11(16)5-6-13(12)17/h3-7,9,14,19H,2,8H2,1H3,(H2,18,20). The maximum Gasteiger partial charge on any atom is 0.128 e. The Balaban J connectivity index is 2.32. The minimum Gasteiger partial charge on any atom is -0.383 e. The highest BCUT2D eigenvalue weighted by Gasteiger charge is 2.17.